The first-order valence-corrected chi connectivity index (χ1v) is 10.8. The molecule has 2 heterocycles. The zero-order chi connectivity index (χ0) is 21.8. The summed E-state index contributed by atoms with van der Waals surface area (Å²) >= 11 is 5.35. The lowest BCUT2D eigenvalue weighted by molar-refractivity contribution is -0.130. The maximum absolute atomic E-state index is 12.8. The molecule has 2 aromatic carbocycles. The van der Waals surface area contributed by atoms with Gasteiger partial charge in [-0.25, -0.2) is 0 Å². The van der Waals surface area contributed by atoms with Crippen LogP contribution >= 0.6 is 12.2 Å². The van der Waals surface area contributed by atoms with Crippen molar-refractivity contribution in [2.24, 2.45) is 0 Å². The summed E-state index contributed by atoms with van der Waals surface area (Å²) in [6, 6.07) is 15.4. The molecule has 0 spiro atoms. The number of H-pyrrole nitrogens is 1. The number of rotatable bonds is 6. The van der Waals surface area contributed by atoms with Crippen LogP contribution in [0.15, 0.2) is 53.3 Å². The van der Waals surface area contributed by atoms with Crippen LogP contribution in [0.4, 0.5) is 5.69 Å². The van der Waals surface area contributed by atoms with Crippen molar-refractivity contribution in [2.45, 2.75) is 19.5 Å². The summed E-state index contributed by atoms with van der Waals surface area (Å²) in [5.74, 6) is -0.0359. The number of nitrogens with one attached hydrogen (secondary N) is 1. The number of morpholine rings is 1. The molecule has 0 atom stereocenters. The third-order valence-electron chi connectivity index (χ3n) is 5.62. The molecule has 0 aliphatic carbocycles. The summed E-state index contributed by atoms with van der Waals surface area (Å²) in [6.07, 6.45) is 0.200. The van der Waals surface area contributed by atoms with Gasteiger partial charge in [-0.2, -0.15) is 0 Å². The molecule has 1 amide bonds. The van der Waals surface area contributed by atoms with E-state index < -0.39 is 0 Å². The zero-order valence-corrected chi connectivity index (χ0v) is 18.4. The number of anilines is 1. The second-order valence-corrected chi connectivity index (χ2v) is 8.05. The molecular formula is C23H26N4O3S. The van der Waals surface area contributed by atoms with Crippen molar-refractivity contribution in [3.8, 4) is 0 Å². The van der Waals surface area contributed by atoms with Gasteiger partial charge in [-0.3, -0.25) is 14.2 Å². The molecule has 1 aliphatic heterocycles. The summed E-state index contributed by atoms with van der Waals surface area (Å²) < 4.78 is 7.25. The van der Waals surface area contributed by atoms with Crippen molar-refractivity contribution in [3.05, 3.63) is 69.2 Å². The Bertz CT molecular complexity index is 1200. The number of carbonyl (C=O) groups is 1. The predicted molar refractivity (Wildman–Crippen MR) is 124 cm³/mol. The number of para-hydroxylation sites is 2. The standard InChI is InChI=1S/C23H26N4O3S/c1-25(16-17-6-2-5-9-20(17)26-12-14-30-15-13-26)21(28)10-11-27-22(29)18-7-3-4-8-19(18)24-23(27)31/h2-9H,10-16H2,1H3,(H,24,31). The summed E-state index contributed by atoms with van der Waals surface area (Å²) in [7, 11) is 1.79. The van der Waals surface area contributed by atoms with Crippen LogP contribution in [0.25, 0.3) is 10.9 Å². The van der Waals surface area contributed by atoms with Crippen molar-refractivity contribution in [3.63, 3.8) is 0 Å². The molecule has 4 rings (SSSR count). The topological polar surface area (TPSA) is 70.6 Å². The third-order valence-corrected chi connectivity index (χ3v) is 5.94. The predicted octanol–water partition coefficient (Wildman–Crippen LogP) is 2.94. The van der Waals surface area contributed by atoms with E-state index in [1.54, 1.807) is 18.0 Å². The Hall–Kier alpha value is -2.97. The van der Waals surface area contributed by atoms with Crippen molar-refractivity contribution < 1.29 is 9.53 Å². The van der Waals surface area contributed by atoms with Gasteiger partial charge in [-0.1, -0.05) is 30.3 Å². The van der Waals surface area contributed by atoms with E-state index in [0.29, 0.717) is 35.4 Å². The molecule has 1 aromatic heterocycles. The smallest absolute Gasteiger partial charge is 0.262 e. The Kier molecular flexibility index (Phi) is 6.48. The maximum Gasteiger partial charge on any atom is 0.262 e. The first kappa shape index (κ1) is 21.3. The number of benzene rings is 2. The molecule has 0 radical (unpaired) electrons. The highest BCUT2D eigenvalue weighted by Crippen LogP contribution is 2.23. The lowest BCUT2D eigenvalue weighted by Crippen LogP contribution is -2.37. The highest BCUT2D eigenvalue weighted by Gasteiger charge is 2.17. The van der Waals surface area contributed by atoms with E-state index in [9.17, 15) is 9.59 Å². The minimum absolute atomic E-state index is 0.0359. The number of carbonyl (C=O) groups excluding carboxylic acids is 1. The molecule has 162 valence electrons. The van der Waals surface area contributed by atoms with Crippen LogP contribution in [-0.2, 0) is 22.6 Å². The van der Waals surface area contributed by atoms with Gasteiger partial charge in [0.15, 0.2) is 4.77 Å². The molecule has 3 aromatic rings. The molecule has 0 saturated carbocycles. The Balaban J connectivity index is 1.45. The second kappa shape index (κ2) is 9.45. The number of nitrogens with zero attached hydrogens (tertiary/aromatic N) is 3. The van der Waals surface area contributed by atoms with Gasteiger partial charge in [-0.15, -0.1) is 0 Å². The first-order chi connectivity index (χ1) is 15.0. The van der Waals surface area contributed by atoms with E-state index in [1.807, 2.05) is 30.3 Å². The molecule has 1 aliphatic rings. The second-order valence-electron chi connectivity index (χ2n) is 7.66. The van der Waals surface area contributed by atoms with Crippen LogP contribution in [0.5, 0.6) is 0 Å². The average Bonchev–Trinajstić information content (AvgIpc) is 2.79. The monoisotopic (exact) mass is 438 g/mol. The van der Waals surface area contributed by atoms with Gasteiger partial charge < -0.3 is 19.5 Å². The Morgan fingerprint density at radius 3 is 2.65 bits per heavy atom. The number of aromatic nitrogens is 2. The average molecular weight is 439 g/mol. The van der Waals surface area contributed by atoms with Crippen LogP contribution < -0.4 is 10.5 Å². The van der Waals surface area contributed by atoms with Gasteiger partial charge in [0.05, 0.1) is 24.1 Å². The fraction of sp³-hybridized carbons (Fsp3) is 0.348. The normalized spacial score (nSPS) is 14.0. The summed E-state index contributed by atoms with van der Waals surface area (Å²) in [6.45, 7) is 3.86. The summed E-state index contributed by atoms with van der Waals surface area (Å²) in [5.41, 5.74) is 2.77. The SMILES string of the molecule is CN(Cc1ccccc1N1CCOCC1)C(=O)CCn1c(=S)[nH]c2ccccc2c1=O. The molecule has 1 saturated heterocycles. The first-order valence-electron chi connectivity index (χ1n) is 10.4. The molecule has 8 heteroatoms. The van der Waals surface area contributed by atoms with E-state index in [1.165, 1.54) is 4.57 Å². The van der Waals surface area contributed by atoms with Crippen LogP contribution in [0.2, 0.25) is 0 Å². The Labute approximate surface area is 185 Å². The number of amides is 1. The third kappa shape index (κ3) is 4.70. The molecular weight excluding hydrogens is 412 g/mol. The van der Waals surface area contributed by atoms with Gasteiger partial charge in [0.2, 0.25) is 5.91 Å². The van der Waals surface area contributed by atoms with Gasteiger partial charge in [0.25, 0.3) is 5.56 Å². The molecule has 31 heavy (non-hydrogen) atoms. The molecule has 1 fully saturated rings. The lowest BCUT2D eigenvalue weighted by Gasteiger charge is -2.31. The number of ether oxygens (including phenoxy) is 1. The molecule has 1 N–H and O–H groups in total. The molecule has 0 unspecified atom stereocenters. The minimum atomic E-state index is -0.174. The van der Waals surface area contributed by atoms with Crippen molar-refractivity contribution >= 4 is 34.7 Å². The van der Waals surface area contributed by atoms with Crippen molar-refractivity contribution in [2.75, 3.05) is 38.3 Å². The van der Waals surface area contributed by atoms with Crippen LogP contribution in [0.1, 0.15) is 12.0 Å². The Morgan fingerprint density at radius 1 is 1.13 bits per heavy atom. The van der Waals surface area contributed by atoms with E-state index in [0.717, 1.165) is 24.3 Å². The number of fused-ring (bicyclic) bond motifs is 1. The summed E-state index contributed by atoms with van der Waals surface area (Å²) in [5, 5.41) is 0.566. The lowest BCUT2D eigenvalue weighted by atomic mass is 10.1. The van der Waals surface area contributed by atoms with Crippen molar-refractivity contribution in [1.29, 1.82) is 0 Å². The van der Waals surface area contributed by atoms with Crippen LogP contribution in [-0.4, -0.2) is 53.7 Å². The fourth-order valence-electron chi connectivity index (χ4n) is 3.90. The van der Waals surface area contributed by atoms with E-state index in [4.69, 9.17) is 17.0 Å². The Morgan fingerprint density at radius 2 is 1.84 bits per heavy atom. The molecule has 7 nitrogen and oxygen atoms in total. The minimum Gasteiger partial charge on any atom is -0.378 e. The van der Waals surface area contributed by atoms with Crippen LogP contribution in [0.3, 0.4) is 0 Å². The fourth-order valence-corrected chi connectivity index (χ4v) is 4.19. The van der Waals surface area contributed by atoms with E-state index >= 15 is 0 Å². The zero-order valence-electron chi connectivity index (χ0n) is 17.5. The number of hydrogen-bond donors (Lipinski definition) is 1. The molecule has 0 bridgehead atoms. The van der Waals surface area contributed by atoms with Gasteiger partial charge in [0.1, 0.15) is 0 Å². The van der Waals surface area contributed by atoms with Gasteiger partial charge >= 0.3 is 0 Å². The highest BCUT2D eigenvalue weighted by atomic mass is 32.1. The van der Waals surface area contributed by atoms with Gasteiger partial charge in [0, 0.05) is 45.3 Å². The van der Waals surface area contributed by atoms with Gasteiger partial charge in [-0.05, 0) is 36.0 Å². The maximum atomic E-state index is 12.8. The quantitative estimate of drug-likeness (QED) is 0.599. The van der Waals surface area contributed by atoms with Crippen LogP contribution in [0, 0.1) is 4.77 Å². The highest BCUT2D eigenvalue weighted by molar-refractivity contribution is 7.71. The van der Waals surface area contributed by atoms with E-state index in [2.05, 4.69) is 22.0 Å². The number of hydrogen-bond acceptors (Lipinski definition) is 5. The summed E-state index contributed by atoms with van der Waals surface area (Å²) in [4.78, 5) is 32.7. The van der Waals surface area contributed by atoms with E-state index in [-0.39, 0.29) is 24.4 Å². The largest absolute Gasteiger partial charge is 0.378 e. The van der Waals surface area contributed by atoms with Crippen molar-refractivity contribution in [1.82, 2.24) is 14.5 Å². The number of aromatic amines is 1.